The summed E-state index contributed by atoms with van der Waals surface area (Å²) in [4.78, 5) is 21.4. The monoisotopic (exact) mass is 259 g/mol. The van der Waals surface area contributed by atoms with Crippen LogP contribution in [0.15, 0.2) is 47.4 Å². The number of hydrogen-bond acceptors (Lipinski definition) is 4. The van der Waals surface area contributed by atoms with Gasteiger partial charge >= 0.3 is 0 Å². The van der Waals surface area contributed by atoms with Gasteiger partial charge in [0.2, 0.25) is 0 Å². The highest BCUT2D eigenvalue weighted by Gasteiger charge is 2.17. The van der Waals surface area contributed by atoms with Crippen LogP contribution in [0.4, 0.5) is 5.69 Å². The lowest BCUT2D eigenvalue weighted by molar-refractivity contribution is -0.387. The number of thiol groups is 1. The average molecular weight is 259 g/mol. The summed E-state index contributed by atoms with van der Waals surface area (Å²) in [7, 11) is 0. The van der Waals surface area contributed by atoms with Gasteiger partial charge in [0.15, 0.2) is 6.29 Å². The Morgan fingerprint density at radius 1 is 1.11 bits per heavy atom. The first kappa shape index (κ1) is 12.3. The van der Waals surface area contributed by atoms with Gasteiger partial charge in [-0.1, -0.05) is 30.3 Å². The van der Waals surface area contributed by atoms with Crippen LogP contribution in [0.2, 0.25) is 0 Å². The minimum absolute atomic E-state index is 0.0923. The normalized spacial score (nSPS) is 10.1. The number of hydrogen-bond donors (Lipinski definition) is 1. The van der Waals surface area contributed by atoms with Gasteiger partial charge < -0.3 is 0 Å². The largest absolute Gasteiger partial charge is 0.298 e. The van der Waals surface area contributed by atoms with Gasteiger partial charge in [0.25, 0.3) is 5.69 Å². The summed E-state index contributed by atoms with van der Waals surface area (Å²) in [5.74, 6) is 0. The number of benzene rings is 2. The summed E-state index contributed by atoms with van der Waals surface area (Å²) in [6.07, 6.45) is 0.571. The van der Waals surface area contributed by atoms with Gasteiger partial charge in [-0.25, -0.2) is 0 Å². The molecule has 0 radical (unpaired) electrons. The Kier molecular flexibility index (Phi) is 3.43. The van der Waals surface area contributed by atoms with Crippen LogP contribution in [0.25, 0.3) is 11.1 Å². The molecule has 0 N–H and O–H groups in total. The van der Waals surface area contributed by atoms with Crippen LogP contribution < -0.4 is 0 Å². The van der Waals surface area contributed by atoms with Crippen molar-refractivity contribution in [3.63, 3.8) is 0 Å². The molecule has 2 rings (SSSR count). The third-order valence-corrected chi connectivity index (χ3v) is 3.04. The Labute approximate surface area is 109 Å². The van der Waals surface area contributed by atoms with Crippen molar-refractivity contribution in [1.82, 2.24) is 0 Å². The molecule has 0 fully saturated rings. The average Bonchev–Trinajstić information content (AvgIpc) is 2.39. The number of carbonyl (C=O) groups excluding carboxylic acids is 1. The first-order chi connectivity index (χ1) is 8.63. The maximum atomic E-state index is 10.9. The Hall–Kier alpha value is -2.14. The summed E-state index contributed by atoms with van der Waals surface area (Å²) >= 11 is 4.02. The van der Waals surface area contributed by atoms with Gasteiger partial charge in [-0.15, -0.1) is 12.6 Å². The molecule has 0 aliphatic rings. The molecule has 5 heteroatoms. The molecule has 2 aromatic carbocycles. The number of carbonyl (C=O) groups is 1. The minimum Gasteiger partial charge on any atom is -0.298 e. The minimum atomic E-state index is -0.540. The van der Waals surface area contributed by atoms with E-state index < -0.39 is 4.92 Å². The molecular formula is C13H9NO3S. The van der Waals surface area contributed by atoms with Crippen molar-refractivity contribution in [2.75, 3.05) is 0 Å². The highest BCUT2D eigenvalue weighted by atomic mass is 32.1. The van der Waals surface area contributed by atoms with E-state index in [9.17, 15) is 14.9 Å². The van der Waals surface area contributed by atoms with Crippen LogP contribution in [0, 0.1) is 10.1 Å². The van der Waals surface area contributed by atoms with Gasteiger partial charge in [-0.05, 0) is 17.2 Å². The fourth-order valence-corrected chi connectivity index (χ4v) is 1.93. The second-order valence-corrected chi connectivity index (χ2v) is 4.12. The molecule has 0 aromatic heterocycles. The number of nitro benzene ring substituents is 1. The zero-order chi connectivity index (χ0) is 13.1. The van der Waals surface area contributed by atoms with Gasteiger partial charge in [0.05, 0.1) is 9.82 Å². The molecule has 0 aliphatic heterocycles. The van der Waals surface area contributed by atoms with Crippen LogP contribution in [-0.4, -0.2) is 11.2 Å². The van der Waals surface area contributed by atoms with E-state index in [-0.39, 0.29) is 16.1 Å². The summed E-state index contributed by atoms with van der Waals surface area (Å²) < 4.78 is 0. The first-order valence-corrected chi connectivity index (χ1v) is 5.60. The second kappa shape index (κ2) is 5.01. The van der Waals surface area contributed by atoms with Crippen LogP contribution in [0.1, 0.15) is 10.4 Å². The summed E-state index contributed by atoms with van der Waals surface area (Å²) in [6, 6.07) is 12.2. The van der Waals surface area contributed by atoms with Crippen LogP contribution >= 0.6 is 12.6 Å². The lowest BCUT2D eigenvalue weighted by Gasteiger charge is -2.05. The summed E-state index contributed by atoms with van der Waals surface area (Å²) in [6.45, 7) is 0. The molecular weight excluding hydrogens is 250 g/mol. The Morgan fingerprint density at radius 2 is 1.78 bits per heavy atom. The molecule has 0 saturated carbocycles. The molecule has 18 heavy (non-hydrogen) atoms. The maximum absolute atomic E-state index is 10.9. The SMILES string of the molecule is O=Cc1cc(-c2ccccc2)cc([N+](=O)[O-])c1S. The fraction of sp³-hybridized carbons (Fsp3) is 0. The molecule has 0 atom stereocenters. The van der Waals surface area contributed by atoms with Gasteiger partial charge in [0.1, 0.15) is 0 Å². The van der Waals surface area contributed by atoms with Crippen LogP contribution in [-0.2, 0) is 0 Å². The Balaban J connectivity index is 2.67. The Bertz CT molecular complexity index is 611. The predicted octanol–water partition coefficient (Wildman–Crippen LogP) is 3.36. The number of aldehydes is 1. The molecule has 0 bridgehead atoms. The number of rotatable bonds is 3. The maximum Gasteiger partial charge on any atom is 0.283 e. The van der Waals surface area contributed by atoms with Gasteiger partial charge in [-0.3, -0.25) is 14.9 Å². The zero-order valence-electron chi connectivity index (χ0n) is 9.24. The van der Waals surface area contributed by atoms with Crippen LogP contribution in [0.5, 0.6) is 0 Å². The molecule has 0 saturated heterocycles. The standard InChI is InChI=1S/C13H9NO3S/c15-8-11-6-10(9-4-2-1-3-5-9)7-12(13(11)18)14(16)17/h1-8,18H. The molecule has 90 valence electrons. The summed E-state index contributed by atoms with van der Waals surface area (Å²) in [5.41, 5.74) is 1.49. The quantitative estimate of drug-likeness (QED) is 0.398. The topological polar surface area (TPSA) is 60.2 Å². The molecule has 0 spiro atoms. The number of nitro groups is 1. The van der Waals surface area contributed by atoms with Crippen molar-refractivity contribution in [2.45, 2.75) is 4.90 Å². The van der Waals surface area contributed by atoms with E-state index in [0.717, 1.165) is 5.56 Å². The zero-order valence-corrected chi connectivity index (χ0v) is 10.1. The molecule has 0 aliphatic carbocycles. The van der Waals surface area contributed by atoms with E-state index in [1.807, 2.05) is 30.3 Å². The lowest BCUT2D eigenvalue weighted by Crippen LogP contribution is -1.95. The molecule has 0 amide bonds. The van der Waals surface area contributed by atoms with E-state index in [1.54, 1.807) is 6.07 Å². The molecule has 0 heterocycles. The van der Waals surface area contributed by atoms with Crippen molar-refractivity contribution >= 4 is 24.6 Å². The van der Waals surface area contributed by atoms with Crippen molar-refractivity contribution in [1.29, 1.82) is 0 Å². The molecule has 2 aromatic rings. The highest BCUT2D eigenvalue weighted by molar-refractivity contribution is 7.80. The number of nitrogens with zero attached hydrogens (tertiary/aromatic N) is 1. The third-order valence-electron chi connectivity index (χ3n) is 2.55. The van der Waals surface area contributed by atoms with Crippen molar-refractivity contribution < 1.29 is 9.72 Å². The summed E-state index contributed by atoms with van der Waals surface area (Å²) in [5, 5.41) is 10.9. The van der Waals surface area contributed by atoms with E-state index >= 15 is 0 Å². The second-order valence-electron chi connectivity index (χ2n) is 3.67. The predicted molar refractivity (Wildman–Crippen MR) is 71.2 cm³/mol. The van der Waals surface area contributed by atoms with Crippen molar-refractivity contribution in [3.05, 3.63) is 58.1 Å². The Morgan fingerprint density at radius 3 is 2.33 bits per heavy atom. The molecule has 0 unspecified atom stereocenters. The van der Waals surface area contributed by atoms with Gasteiger partial charge in [0, 0.05) is 11.6 Å². The van der Waals surface area contributed by atoms with Gasteiger partial charge in [-0.2, -0.15) is 0 Å². The van der Waals surface area contributed by atoms with E-state index in [1.165, 1.54) is 6.07 Å². The lowest BCUT2D eigenvalue weighted by atomic mass is 10.0. The third kappa shape index (κ3) is 2.26. The van der Waals surface area contributed by atoms with Crippen molar-refractivity contribution in [3.8, 4) is 11.1 Å². The van der Waals surface area contributed by atoms with E-state index in [4.69, 9.17) is 0 Å². The van der Waals surface area contributed by atoms with Crippen LogP contribution in [0.3, 0.4) is 0 Å². The highest BCUT2D eigenvalue weighted by Crippen LogP contribution is 2.31. The fourth-order valence-electron chi connectivity index (χ4n) is 1.67. The molecule has 4 nitrogen and oxygen atoms in total. The van der Waals surface area contributed by atoms with E-state index in [2.05, 4.69) is 12.6 Å². The first-order valence-electron chi connectivity index (χ1n) is 5.15. The van der Waals surface area contributed by atoms with Crippen molar-refractivity contribution in [2.24, 2.45) is 0 Å². The van der Waals surface area contributed by atoms with E-state index in [0.29, 0.717) is 11.8 Å². The smallest absolute Gasteiger partial charge is 0.283 e.